The summed E-state index contributed by atoms with van der Waals surface area (Å²) >= 11 is 0. The van der Waals surface area contributed by atoms with Crippen LogP contribution >= 0.6 is 0 Å². The lowest BCUT2D eigenvalue weighted by atomic mass is 9.81. The van der Waals surface area contributed by atoms with Crippen LogP contribution in [0.4, 0.5) is 0 Å². The van der Waals surface area contributed by atoms with E-state index in [0.29, 0.717) is 25.1 Å². The zero-order chi connectivity index (χ0) is 23.9. The monoisotopic (exact) mass is 467 g/mol. The van der Waals surface area contributed by atoms with Gasteiger partial charge in [-0.25, -0.2) is 4.98 Å². The number of carbonyl (C=O) groups is 1. The number of hydrogen-bond acceptors (Lipinski definition) is 7. The van der Waals surface area contributed by atoms with Crippen LogP contribution < -0.4 is 4.74 Å². The number of benzene rings is 1. The minimum Gasteiger partial charge on any atom is -0.497 e. The van der Waals surface area contributed by atoms with Gasteiger partial charge in [0.15, 0.2) is 5.89 Å². The number of aromatic nitrogens is 2. The Morgan fingerprint density at radius 1 is 1.26 bits per heavy atom. The summed E-state index contributed by atoms with van der Waals surface area (Å²) in [7, 11) is 1.61. The first-order valence-electron chi connectivity index (χ1n) is 12.0. The number of nitrogens with zero attached hydrogens (tertiary/aromatic N) is 3. The molecule has 8 heteroatoms. The summed E-state index contributed by atoms with van der Waals surface area (Å²) in [5.74, 6) is 0.359. The van der Waals surface area contributed by atoms with Crippen molar-refractivity contribution in [1.29, 1.82) is 0 Å². The molecule has 1 aliphatic heterocycles. The fourth-order valence-electron chi connectivity index (χ4n) is 4.98. The van der Waals surface area contributed by atoms with E-state index < -0.39 is 18.0 Å². The standard InChI is InChI=1S/C26H33N3O5/c1-33-19-6-7-23-21(16-19)20(9-11-27-23)24(30)8-5-18-10-14-29(17-22(18)26(31)32)13-3-2-4-25-28-12-15-34-25/h6-7,9,11-12,15-16,18,22,24,30H,2-5,8,10,13-14,17H2,1H3,(H,31,32)/t18-,22+,24+/m1/s1. The van der Waals surface area contributed by atoms with E-state index in [-0.39, 0.29) is 5.92 Å². The van der Waals surface area contributed by atoms with Crippen LogP contribution in [0, 0.1) is 11.8 Å². The molecule has 0 bridgehead atoms. The van der Waals surface area contributed by atoms with Crippen LogP contribution in [-0.2, 0) is 11.2 Å². The van der Waals surface area contributed by atoms with Crippen molar-refractivity contribution in [2.75, 3.05) is 26.7 Å². The number of ether oxygens (including phenoxy) is 1. The van der Waals surface area contributed by atoms with Gasteiger partial charge < -0.3 is 24.3 Å². The summed E-state index contributed by atoms with van der Waals surface area (Å²) in [6.45, 7) is 2.33. The number of aliphatic hydroxyl groups is 1. The van der Waals surface area contributed by atoms with Gasteiger partial charge >= 0.3 is 5.97 Å². The molecule has 182 valence electrons. The molecule has 1 aromatic carbocycles. The zero-order valence-electron chi connectivity index (χ0n) is 19.6. The molecule has 3 heterocycles. The molecule has 0 spiro atoms. The average Bonchev–Trinajstić information content (AvgIpc) is 3.38. The van der Waals surface area contributed by atoms with Gasteiger partial charge in [0.05, 0.1) is 30.8 Å². The Morgan fingerprint density at radius 2 is 2.15 bits per heavy atom. The van der Waals surface area contributed by atoms with E-state index >= 15 is 0 Å². The highest BCUT2D eigenvalue weighted by Crippen LogP contribution is 2.33. The van der Waals surface area contributed by atoms with Gasteiger partial charge in [-0.1, -0.05) is 0 Å². The van der Waals surface area contributed by atoms with Crippen LogP contribution in [0.5, 0.6) is 5.75 Å². The van der Waals surface area contributed by atoms with Gasteiger partial charge in [0, 0.05) is 24.5 Å². The summed E-state index contributed by atoms with van der Waals surface area (Å²) in [5.41, 5.74) is 1.61. The molecule has 0 radical (unpaired) electrons. The Hall–Kier alpha value is -2.97. The van der Waals surface area contributed by atoms with Crippen molar-refractivity contribution in [3.63, 3.8) is 0 Å². The van der Waals surface area contributed by atoms with Gasteiger partial charge in [-0.05, 0) is 80.9 Å². The van der Waals surface area contributed by atoms with E-state index in [0.717, 1.165) is 61.1 Å². The summed E-state index contributed by atoms with van der Waals surface area (Å²) in [6, 6.07) is 7.46. The second kappa shape index (κ2) is 11.4. The Bertz CT molecular complexity index is 1070. The van der Waals surface area contributed by atoms with Crippen LogP contribution in [-0.4, -0.2) is 57.8 Å². The van der Waals surface area contributed by atoms with E-state index in [9.17, 15) is 15.0 Å². The summed E-state index contributed by atoms with van der Waals surface area (Å²) < 4.78 is 10.6. The maximum Gasteiger partial charge on any atom is 0.308 e. The van der Waals surface area contributed by atoms with Crippen LogP contribution in [0.1, 0.15) is 49.7 Å². The smallest absolute Gasteiger partial charge is 0.308 e. The molecule has 2 aromatic heterocycles. The second-order valence-electron chi connectivity index (χ2n) is 9.05. The van der Waals surface area contributed by atoms with Gasteiger partial charge in [0.25, 0.3) is 0 Å². The summed E-state index contributed by atoms with van der Waals surface area (Å²) in [5, 5.41) is 21.7. The van der Waals surface area contributed by atoms with E-state index in [1.807, 2.05) is 24.3 Å². The predicted molar refractivity (Wildman–Crippen MR) is 128 cm³/mol. The molecule has 0 saturated carbocycles. The first-order valence-corrected chi connectivity index (χ1v) is 12.0. The van der Waals surface area contributed by atoms with Crippen LogP contribution in [0.15, 0.2) is 47.3 Å². The number of aliphatic carboxylic acids is 1. The number of rotatable bonds is 11. The van der Waals surface area contributed by atoms with Crippen molar-refractivity contribution in [3.05, 3.63) is 54.4 Å². The number of piperidine rings is 1. The first kappa shape index (κ1) is 24.2. The number of likely N-dealkylation sites (tertiary alicyclic amines) is 1. The van der Waals surface area contributed by atoms with Crippen molar-refractivity contribution in [1.82, 2.24) is 14.9 Å². The van der Waals surface area contributed by atoms with Gasteiger partial charge in [0.1, 0.15) is 12.0 Å². The molecule has 1 saturated heterocycles. The Morgan fingerprint density at radius 3 is 2.91 bits per heavy atom. The number of hydrogen-bond donors (Lipinski definition) is 2. The quantitative estimate of drug-likeness (QED) is 0.406. The topological polar surface area (TPSA) is 109 Å². The molecule has 8 nitrogen and oxygen atoms in total. The number of pyridine rings is 1. The molecule has 1 aliphatic rings. The van der Waals surface area contributed by atoms with Gasteiger partial charge in [-0.3, -0.25) is 9.78 Å². The lowest BCUT2D eigenvalue weighted by molar-refractivity contribution is -0.146. The molecule has 34 heavy (non-hydrogen) atoms. The van der Waals surface area contributed by atoms with E-state index in [1.54, 1.807) is 25.8 Å². The Labute approximate surface area is 199 Å². The molecule has 4 rings (SSSR count). The largest absolute Gasteiger partial charge is 0.497 e. The van der Waals surface area contributed by atoms with Crippen molar-refractivity contribution in [2.45, 2.75) is 44.6 Å². The number of oxazole rings is 1. The van der Waals surface area contributed by atoms with Crippen molar-refractivity contribution in [2.24, 2.45) is 11.8 Å². The maximum absolute atomic E-state index is 12.0. The van der Waals surface area contributed by atoms with Crippen LogP contribution in [0.2, 0.25) is 0 Å². The third kappa shape index (κ3) is 5.93. The summed E-state index contributed by atoms with van der Waals surface area (Å²) in [6.07, 6.45) is 9.03. The molecule has 0 amide bonds. The minimum atomic E-state index is -0.747. The molecular weight excluding hydrogens is 434 g/mol. The van der Waals surface area contributed by atoms with Crippen molar-refractivity contribution in [3.8, 4) is 5.75 Å². The molecule has 3 atom stereocenters. The first-order chi connectivity index (χ1) is 16.5. The third-order valence-electron chi connectivity index (χ3n) is 6.91. The van der Waals surface area contributed by atoms with Crippen molar-refractivity contribution < 1.29 is 24.2 Å². The van der Waals surface area contributed by atoms with Gasteiger partial charge in [0.2, 0.25) is 0 Å². The SMILES string of the molecule is COc1ccc2nccc([C@@H](O)CC[C@@H]3CCN(CCCCc4ncco4)C[C@@H]3C(=O)O)c2c1. The molecule has 0 unspecified atom stereocenters. The Kier molecular flexibility index (Phi) is 8.13. The van der Waals surface area contributed by atoms with Gasteiger partial charge in [-0.15, -0.1) is 0 Å². The number of carboxylic acids is 1. The highest BCUT2D eigenvalue weighted by atomic mass is 16.5. The number of unbranched alkanes of at least 4 members (excludes halogenated alkanes) is 1. The van der Waals surface area contributed by atoms with E-state index in [1.165, 1.54) is 0 Å². The zero-order valence-corrected chi connectivity index (χ0v) is 19.6. The molecule has 2 N–H and O–H groups in total. The van der Waals surface area contributed by atoms with Crippen molar-refractivity contribution >= 4 is 16.9 Å². The second-order valence-corrected chi connectivity index (χ2v) is 9.05. The molecular formula is C26H33N3O5. The predicted octanol–water partition coefficient (Wildman–Crippen LogP) is 4.09. The number of carboxylic acid groups (broad SMARTS) is 1. The number of fused-ring (bicyclic) bond motifs is 1. The highest BCUT2D eigenvalue weighted by molar-refractivity contribution is 5.83. The molecule has 3 aromatic rings. The van der Waals surface area contributed by atoms with E-state index in [2.05, 4.69) is 14.9 Å². The normalized spacial score (nSPS) is 19.8. The number of aliphatic hydroxyl groups excluding tert-OH is 1. The fraction of sp³-hybridized carbons (Fsp3) is 0.500. The van der Waals surface area contributed by atoms with Gasteiger partial charge in [-0.2, -0.15) is 0 Å². The fourth-order valence-corrected chi connectivity index (χ4v) is 4.98. The number of methoxy groups -OCH3 is 1. The molecule has 1 fully saturated rings. The van der Waals surface area contributed by atoms with Crippen LogP contribution in [0.3, 0.4) is 0 Å². The Balaban J connectivity index is 1.31. The third-order valence-corrected chi connectivity index (χ3v) is 6.91. The highest BCUT2D eigenvalue weighted by Gasteiger charge is 2.34. The minimum absolute atomic E-state index is 0.0540. The maximum atomic E-state index is 12.0. The summed E-state index contributed by atoms with van der Waals surface area (Å²) in [4.78, 5) is 22.8. The average molecular weight is 468 g/mol. The lowest BCUT2D eigenvalue weighted by Crippen LogP contribution is -2.44. The molecule has 0 aliphatic carbocycles. The van der Waals surface area contributed by atoms with E-state index in [4.69, 9.17) is 9.15 Å². The van der Waals surface area contributed by atoms with Crippen LogP contribution in [0.25, 0.3) is 10.9 Å². The number of aryl methyl sites for hydroxylation is 1. The lowest BCUT2D eigenvalue weighted by Gasteiger charge is -2.37.